The maximum atomic E-state index is 14.0. The third kappa shape index (κ3) is 9.32. The van der Waals surface area contributed by atoms with E-state index in [4.69, 9.17) is 10.6 Å². The van der Waals surface area contributed by atoms with Crippen molar-refractivity contribution in [3.63, 3.8) is 0 Å². The molecule has 296 valence electrons. The number of fused-ring (bicyclic) bond motifs is 1. The molecule has 0 bridgehead atoms. The Morgan fingerprint density at radius 2 is 1.46 bits per heavy atom. The van der Waals surface area contributed by atoms with E-state index in [0.717, 1.165) is 37.4 Å². The average molecular weight is 769 g/mol. The molecule has 12 nitrogen and oxygen atoms in total. The number of nitrogens with one attached hydrogen (secondary N) is 2. The molecule has 2 aromatic rings. The standard InChI is InChI=1S/C36H46F6N8O4/c1-46-16-18-47(19-17-46)25-7-11-48(12-8-25)32(51)30(22-23-20-27(35(37,38)39)31(43)28(21-23)36(40,41)42)45-34(53)54-49-13-9-26(10-14-49)50-15-6-24-4-2-3-5-29(24)44-33(50)52/h2-5,20-21,25-26,30H,6-19,22,43H2,1H3,(H,44,52)(H,45,53)/t30-/m1/s1. The minimum atomic E-state index is -5.21. The Balaban J connectivity index is 1.13. The number of carbonyl (C=O) groups excluding carboxylic acids is 3. The van der Waals surface area contributed by atoms with Crippen LogP contribution in [0.5, 0.6) is 0 Å². The maximum Gasteiger partial charge on any atom is 0.426 e. The molecule has 0 unspecified atom stereocenters. The van der Waals surface area contributed by atoms with Gasteiger partial charge in [0, 0.05) is 83.1 Å². The van der Waals surface area contributed by atoms with Gasteiger partial charge in [-0.05, 0) is 68.5 Å². The van der Waals surface area contributed by atoms with Crippen molar-refractivity contribution in [2.24, 2.45) is 0 Å². The molecular formula is C36H46F6N8O4. The SMILES string of the molecule is CN1CCN(C2CCN(C(=O)[C@@H](Cc3cc(C(F)(F)F)c(N)c(C(F)(F)F)c3)NC(=O)ON3CCC(N4CCc5ccccc5NC4=O)CC3)CC2)CC1. The summed E-state index contributed by atoms with van der Waals surface area (Å²) in [5, 5.41) is 6.75. The van der Waals surface area contributed by atoms with E-state index >= 15 is 0 Å². The van der Waals surface area contributed by atoms with E-state index in [2.05, 4.69) is 20.4 Å². The molecule has 0 aromatic heterocycles. The summed E-state index contributed by atoms with van der Waals surface area (Å²) in [5.74, 6) is -0.644. The molecule has 3 fully saturated rings. The number of hydroxylamine groups is 2. The normalized spacial score (nSPS) is 20.9. The van der Waals surface area contributed by atoms with Crippen LogP contribution < -0.4 is 16.4 Å². The summed E-state index contributed by atoms with van der Waals surface area (Å²) in [6.07, 6.45) is -9.32. The van der Waals surface area contributed by atoms with Gasteiger partial charge in [-0.2, -0.15) is 26.3 Å². The quantitative estimate of drug-likeness (QED) is 0.275. The summed E-state index contributed by atoms with van der Waals surface area (Å²) in [7, 11) is 2.05. The fourth-order valence-electron chi connectivity index (χ4n) is 7.86. The number of para-hydroxylation sites is 1. The number of piperidine rings is 2. The number of alkyl halides is 6. The van der Waals surface area contributed by atoms with Gasteiger partial charge in [0.15, 0.2) is 0 Å². The number of halogens is 6. The summed E-state index contributed by atoms with van der Waals surface area (Å²) in [6.45, 7) is 5.17. The first-order valence-corrected chi connectivity index (χ1v) is 18.2. The van der Waals surface area contributed by atoms with Crippen LogP contribution in [0.4, 0.5) is 47.3 Å². The smallest absolute Gasteiger partial charge is 0.398 e. The van der Waals surface area contributed by atoms with Gasteiger partial charge in [-0.3, -0.25) is 9.69 Å². The lowest BCUT2D eigenvalue weighted by atomic mass is 9.96. The predicted molar refractivity (Wildman–Crippen MR) is 187 cm³/mol. The minimum Gasteiger partial charge on any atom is -0.398 e. The van der Waals surface area contributed by atoms with Crippen molar-refractivity contribution >= 4 is 29.4 Å². The molecule has 0 saturated carbocycles. The van der Waals surface area contributed by atoms with Crippen molar-refractivity contribution in [2.75, 3.05) is 77.0 Å². The van der Waals surface area contributed by atoms with E-state index in [1.807, 2.05) is 31.3 Å². The van der Waals surface area contributed by atoms with Crippen LogP contribution >= 0.6 is 0 Å². The van der Waals surface area contributed by atoms with E-state index in [0.29, 0.717) is 63.9 Å². The number of nitrogens with zero attached hydrogens (tertiary/aromatic N) is 5. The average Bonchev–Trinajstić information content (AvgIpc) is 3.29. The minimum absolute atomic E-state index is 0.138. The Labute approximate surface area is 309 Å². The van der Waals surface area contributed by atoms with Crippen LogP contribution in [0.25, 0.3) is 0 Å². The first kappa shape index (κ1) is 39.4. The van der Waals surface area contributed by atoms with Gasteiger partial charge in [-0.1, -0.05) is 18.2 Å². The van der Waals surface area contributed by atoms with E-state index in [9.17, 15) is 40.7 Å². The van der Waals surface area contributed by atoms with Crippen LogP contribution in [-0.2, 0) is 34.8 Å². The second kappa shape index (κ2) is 16.2. The number of nitrogens with two attached hydrogens (primary N) is 1. The highest BCUT2D eigenvalue weighted by Crippen LogP contribution is 2.42. The van der Waals surface area contributed by atoms with E-state index in [-0.39, 0.29) is 31.2 Å². The number of urea groups is 1. The van der Waals surface area contributed by atoms with Gasteiger partial charge >= 0.3 is 24.5 Å². The molecule has 4 heterocycles. The van der Waals surface area contributed by atoms with Gasteiger partial charge in [0.25, 0.3) is 0 Å². The van der Waals surface area contributed by atoms with Crippen LogP contribution in [0.2, 0.25) is 0 Å². The van der Waals surface area contributed by atoms with Crippen LogP contribution in [-0.4, -0.2) is 127 Å². The zero-order chi connectivity index (χ0) is 38.8. The van der Waals surface area contributed by atoms with E-state index < -0.39 is 59.2 Å². The first-order chi connectivity index (χ1) is 25.6. The number of hydrogen-bond donors (Lipinski definition) is 3. The second-order valence-electron chi connectivity index (χ2n) is 14.5. The Hall–Kier alpha value is -4.29. The Kier molecular flexibility index (Phi) is 11.8. The van der Waals surface area contributed by atoms with Crippen molar-refractivity contribution in [1.29, 1.82) is 0 Å². The summed E-state index contributed by atoms with van der Waals surface area (Å²) >= 11 is 0. The van der Waals surface area contributed by atoms with Crippen molar-refractivity contribution in [1.82, 2.24) is 30.0 Å². The third-order valence-corrected chi connectivity index (χ3v) is 10.9. The first-order valence-electron chi connectivity index (χ1n) is 18.2. The monoisotopic (exact) mass is 768 g/mol. The van der Waals surface area contributed by atoms with Crippen LogP contribution in [0, 0.1) is 0 Å². The van der Waals surface area contributed by atoms with Crippen molar-refractivity contribution in [3.8, 4) is 0 Å². The molecule has 4 N–H and O–H groups in total. The van der Waals surface area contributed by atoms with Gasteiger partial charge in [0.1, 0.15) is 6.04 Å². The van der Waals surface area contributed by atoms with Crippen molar-refractivity contribution in [3.05, 3.63) is 58.7 Å². The number of benzene rings is 2. The van der Waals surface area contributed by atoms with E-state index in [1.165, 1.54) is 9.96 Å². The number of likely N-dealkylation sites (N-methyl/N-ethyl adjacent to an activating group) is 1. The molecule has 1 atom stereocenters. The number of hydrogen-bond acceptors (Lipinski definition) is 8. The molecular weight excluding hydrogens is 722 g/mol. The third-order valence-electron chi connectivity index (χ3n) is 10.9. The topological polar surface area (TPSA) is 127 Å². The molecule has 54 heavy (non-hydrogen) atoms. The molecule has 0 radical (unpaired) electrons. The van der Waals surface area contributed by atoms with Crippen molar-refractivity contribution < 1.29 is 45.6 Å². The van der Waals surface area contributed by atoms with Gasteiger partial charge < -0.3 is 35.9 Å². The zero-order valence-corrected chi connectivity index (χ0v) is 30.0. The maximum absolute atomic E-state index is 14.0. The van der Waals surface area contributed by atoms with Gasteiger partial charge in [-0.15, -0.1) is 5.06 Å². The van der Waals surface area contributed by atoms with Gasteiger partial charge in [0.2, 0.25) is 5.91 Å². The summed E-state index contributed by atoms with van der Waals surface area (Å²) in [6, 6.07) is 6.85. The molecule has 18 heteroatoms. The second-order valence-corrected chi connectivity index (χ2v) is 14.5. The molecule has 0 aliphatic carbocycles. The lowest BCUT2D eigenvalue weighted by Crippen LogP contribution is -2.56. The van der Waals surface area contributed by atoms with Gasteiger partial charge in [0.05, 0.1) is 16.8 Å². The van der Waals surface area contributed by atoms with Crippen LogP contribution in [0.15, 0.2) is 36.4 Å². The van der Waals surface area contributed by atoms with Gasteiger partial charge in [-0.25, -0.2) is 9.59 Å². The Bertz CT molecular complexity index is 1630. The fraction of sp³-hybridized carbons (Fsp3) is 0.583. The number of anilines is 2. The molecule has 0 spiro atoms. The highest BCUT2D eigenvalue weighted by molar-refractivity contribution is 5.91. The number of likely N-dealkylation sites (tertiary alicyclic amines) is 1. The van der Waals surface area contributed by atoms with Crippen LogP contribution in [0.1, 0.15) is 47.9 Å². The Morgan fingerprint density at radius 1 is 0.870 bits per heavy atom. The highest BCUT2D eigenvalue weighted by Gasteiger charge is 2.42. The number of piperazine rings is 1. The molecule has 4 amide bonds. The number of amides is 4. The molecule has 2 aromatic carbocycles. The summed E-state index contributed by atoms with van der Waals surface area (Å²) < 4.78 is 83.2. The lowest BCUT2D eigenvalue weighted by molar-refractivity contribution is -0.141. The van der Waals surface area contributed by atoms with E-state index in [1.54, 1.807) is 4.90 Å². The summed E-state index contributed by atoms with van der Waals surface area (Å²) in [4.78, 5) is 53.6. The molecule has 6 rings (SSSR count). The number of nitrogen functional groups attached to an aromatic ring is 1. The Morgan fingerprint density at radius 3 is 2.07 bits per heavy atom. The predicted octanol–water partition coefficient (Wildman–Crippen LogP) is 4.65. The molecule has 4 aliphatic heterocycles. The van der Waals surface area contributed by atoms with Crippen molar-refractivity contribution in [2.45, 2.75) is 69.0 Å². The fourth-order valence-corrected chi connectivity index (χ4v) is 7.86. The zero-order valence-electron chi connectivity index (χ0n) is 30.0. The largest absolute Gasteiger partial charge is 0.426 e. The molecule has 3 saturated heterocycles. The number of carbonyl (C=O) groups is 3. The summed E-state index contributed by atoms with van der Waals surface area (Å²) in [5.41, 5.74) is 1.83. The van der Waals surface area contributed by atoms with Crippen LogP contribution in [0.3, 0.4) is 0 Å². The molecule has 4 aliphatic rings. The lowest BCUT2D eigenvalue weighted by Gasteiger charge is -2.42. The number of rotatable bonds is 7. The highest BCUT2D eigenvalue weighted by atomic mass is 19.4.